The summed E-state index contributed by atoms with van der Waals surface area (Å²) in [6.45, 7) is 4.96. The van der Waals surface area contributed by atoms with Crippen molar-refractivity contribution in [3.8, 4) is 5.75 Å². The van der Waals surface area contributed by atoms with Gasteiger partial charge in [-0.25, -0.2) is 0 Å². The van der Waals surface area contributed by atoms with Crippen molar-refractivity contribution in [1.82, 2.24) is 10.2 Å². The van der Waals surface area contributed by atoms with Crippen LogP contribution in [0.25, 0.3) is 0 Å². The molecule has 1 fully saturated rings. The van der Waals surface area contributed by atoms with Crippen molar-refractivity contribution in [1.29, 1.82) is 0 Å². The summed E-state index contributed by atoms with van der Waals surface area (Å²) < 4.78 is 5.54. The number of likely N-dealkylation sites (tertiary alicyclic amines) is 1. The summed E-state index contributed by atoms with van der Waals surface area (Å²) in [5, 5.41) is 4.05. The molecule has 7 heteroatoms. The molecule has 3 rings (SSSR count). The van der Waals surface area contributed by atoms with Gasteiger partial charge in [-0.3, -0.25) is 9.59 Å². The van der Waals surface area contributed by atoms with E-state index in [1.165, 1.54) is 0 Å². The topological polar surface area (TPSA) is 58.6 Å². The summed E-state index contributed by atoms with van der Waals surface area (Å²) in [5.41, 5.74) is 0.304. The minimum atomic E-state index is -0.582. The largest absolute Gasteiger partial charge is 0.484 e. The van der Waals surface area contributed by atoms with Gasteiger partial charge in [0.2, 0.25) is 5.91 Å². The lowest BCUT2D eigenvalue weighted by Crippen LogP contribution is -2.48. The molecule has 0 spiro atoms. The van der Waals surface area contributed by atoms with E-state index in [-0.39, 0.29) is 24.3 Å². The molecule has 1 aliphatic rings. The average molecular weight is 449 g/mol. The number of hydrogen-bond acceptors (Lipinski definition) is 3. The number of carbonyl (C=O) groups excluding carboxylic acids is 2. The molecule has 160 valence electrons. The Morgan fingerprint density at radius 1 is 1.07 bits per heavy atom. The van der Waals surface area contributed by atoms with Gasteiger partial charge in [-0.05, 0) is 56.5 Å². The minimum Gasteiger partial charge on any atom is -0.484 e. The zero-order valence-electron chi connectivity index (χ0n) is 17.2. The van der Waals surface area contributed by atoms with Gasteiger partial charge in [-0.1, -0.05) is 47.5 Å². The number of nitrogens with zero attached hydrogens (tertiary/aromatic N) is 1. The van der Waals surface area contributed by atoms with E-state index in [0.29, 0.717) is 41.7 Å². The van der Waals surface area contributed by atoms with E-state index >= 15 is 0 Å². The van der Waals surface area contributed by atoms with E-state index in [4.69, 9.17) is 27.9 Å². The van der Waals surface area contributed by atoms with Crippen LogP contribution in [0.1, 0.15) is 32.3 Å². The fourth-order valence-electron chi connectivity index (χ4n) is 3.51. The van der Waals surface area contributed by atoms with Crippen LogP contribution in [-0.4, -0.2) is 36.4 Å². The smallest absolute Gasteiger partial charge is 0.260 e. The lowest BCUT2D eigenvalue weighted by Gasteiger charge is -2.34. The number of piperidine rings is 1. The highest BCUT2D eigenvalue weighted by molar-refractivity contribution is 6.42. The Kier molecular flexibility index (Phi) is 7.27. The first kappa shape index (κ1) is 22.4. The van der Waals surface area contributed by atoms with Crippen LogP contribution in [0.2, 0.25) is 10.0 Å². The second-order valence-corrected chi connectivity index (χ2v) is 8.81. The lowest BCUT2D eigenvalue weighted by atomic mass is 9.90. The van der Waals surface area contributed by atoms with Gasteiger partial charge in [0.05, 0.1) is 15.6 Å². The standard InChI is InChI=1S/C23H26Cl2N2O3/c1-23(2,17-8-9-19(24)20(25)14-17)26-22(29)16-10-12-27(13-11-16)21(28)15-30-18-6-4-3-5-7-18/h3-9,14,16H,10-13,15H2,1-2H3,(H,26,29). The van der Waals surface area contributed by atoms with Crippen molar-refractivity contribution < 1.29 is 14.3 Å². The first-order valence-electron chi connectivity index (χ1n) is 9.99. The Morgan fingerprint density at radius 2 is 1.73 bits per heavy atom. The summed E-state index contributed by atoms with van der Waals surface area (Å²) in [4.78, 5) is 27.0. The zero-order chi connectivity index (χ0) is 21.7. The molecular weight excluding hydrogens is 423 g/mol. The maximum Gasteiger partial charge on any atom is 0.260 e. The number of amides is 2. The van der Waals surface area contributed by atoms with Crippen LogP contribution in [0.4, 0.5) is 0 Å². The maximum absolute atomic E-state index is 12.8. The quantitative estimate of drug-likeness (QED) is 0.698. The monoisotopic (exact) mass is 448 g/mol. The Hall–Kier alpha value is -2.24. The molecule has 0 saturated carbocycles. The Labute approximate surface area is 187 Å². The van der Waals surface area contributed by atoms with Gasteiger partial charge in [0.15, 0.2) is 6.61 Å². The summed E-state index contributed by atoms with van der Waals surface area (Å²) in [7, 11) is 0. The number of para-hydroxylation sites is 1. The first-order valence-corrected chi connectivity index (χ1v) is 10.7. The van der Waals surface area contributed by atoms with Crippen molar-refractivity contribution in [2.24, 2.45) is 5.92 Å². The van der Waals surface area contributed by atoms with Gasteiger partial charge < -0.3 is 15.0 Å². The highest BCUT2D eigenvalue weighted by Gasteiger charge is 2.31. The molecule has 0 atom stereocenters. The van der Waals surface area contributed by atoms with Crippen LogP contribution in [0.3, 0.4) is 0 Å². The number of rotatable bonds is 6. The molecule has 30 heavy (non-hydrogen) atoms. The fourth-order valence-corrected chi connectivity index (χ4v) is 3.81. The van der Waals surface area contributed by atoms with E-state index in [2.05, 4.69) is 5.32 Å². The molecule has 2 aromatic rings. The van der Waals surface area contributed by atoms with Crippen molar-refractivity contribution in [2.75, 3.05) is 19.7 Å². The van der Waals surface area contributed by atoms with E-state index in [1.807, 2.05) is 50.2 Å². The summed E-state index contributed by atoms with van der Waals surface area (Å²) in [6, 6.07) is 14.6. The van der Waals surface area contributed by atoms with E-state index in [0.717, 1.165) is 5.56 Å². The zero-order valence-corrected chi connectivity index (χ0v) is 18.7. The molecule has 0 aliphatic carbocycles. The van der Waals surface area contributed by atoms with Crippen molar-refractivity contribution in [2.45, 2.75) is 32.2 Å². The third kappa shape index (κ3) is 5.67. The van der Waals surface area contributed by atoms with Gasteiger partial charge in [0, 0.05) is 19.0 Å². The molecule has 2 aromatic carbocycles. The summed E-state index contributed by atoms with van der Waals surface area (Å²) >= 11 is 12.1. The number of carbonyl (C=O) groups is 2. The van der Waals surface area contributed by atoms with Crippen molar-refractivity contribution in [3.63, 3.8) is 0 Å². The average Bonchev–Trinajstić information content (AvgIpc) is 2.74. The lowest BCUT2D eigenvalue weighted by molar-refractivity contribution is -0.137. The molecule has 0 unspecified atom stereocenters. The third-order valence-electron chi connectivity index (χ3n) is 5.40. The van der Waals surface area contributed by atoms with Crippen LogP contribution in [0.5, 0.6) is 5.75 Å². The summed E-state index contributed by atoms with van der Waals surface area (Å²) in [6.07, 6.45) is 1.25. The molecule has 0 bridgehead atoms. The highest BCUT2D eigenvalue weighted by Crippen LogP contribution is 2.29. The van der Waals surface area contributed by atoms with Crippen LogP contribution in [-0.2, 0) is 15.1 Å². The highest BCUT2D eigenvalue weighted by atomic mass is 35.5. The number of benzene rings is 2. The normalized spacial score (nSPS) is 15.0. The first-order chi connectivity index (χ1) is 14.3. The minimum absolute atomic E-state index is 0.00519. The number of ether oxygens (including phenoxy) is 1. The van der Waals surface area contributed by atoms with Crippen molar-refractivity contribution in [3.05, 3.63) is 64.1 Å². The van der Waals surface area contributed by atoms with Crippen LogP contribution >= 0.6 is 23.2 Å². The van der Waals surface area contributed by atoms with Crippen LogP contribution in [0, 0.1) is 5.92 Å². The van der Waals surface area contributed by atoms with Crippen LogP contribution in [0.15, 0.2) is 48.5 Å². The Morgan fingerprint density at radius 3 is 2.37 bits per heavy atom. The molecule has 0 radical (unpaired) electrons. The van der Waals surface area contributed by atoms with Gasteiger partial charge in [0.1, 0.15) is 5.75 Å². The molecular formula is C23H26Cl2N2O3. The van der Waals surface area contributed by atoms with Gasteiger partial charge in [0.25, 0.3) is 5.91 Å². The number of halogens is 2. The number of nitrogens with one attached hydrogen (secondary N) is 1. The Bertz CT molecular complexity index is 895. The molecule has 1 aliphatic heterocycles. The number of hydrogen-bond donors (Lipinski definition) is 1. The molecule has 0 aromatic heterocycles. The van der Waals surface area contributed by atoms with Crippen molar-refractivity contribution >= 4 is 35.0 Å². The molecule has 5 nitrogen and oxygen atoms in total. The Balaban J connectivity index is 1.49. The summed E-state index contributed by atoms with van der Waals surface area (Å²) in [5.74, 6) is 0.461. The predicted molar refractivity (Wildman–Crippen MR) is 119 cm³/mol. The van der Waals surface area contributed by atoms with E-state index < -0.39 is 5.54 Å². The fraction of sp³-hybridized carbons (Fsp3) is 0.391. The van der Waals surface area contributed by atoms with Gasteiger partial charge in [-0.15, -0.1) is 0 Å². The van der Waals surface area contributed by atoms with Gasteiger partial charge >= 0.3 is 0 Å². The van der Waals surface area contributed by atoms with Crippen LogP contribution < -0.4 is 10.1 Å². The molecule has 1 saturated heterocycles. The molecule has 1 N–H and O–H groups in total. The predicted octanol–water partition coefficient (Wildman–Crippen LogP) is 4.66. The second-order valence-electron chi connectivity index (χ2n) is 8.00. The molecule has 2 amide bonds. The third-order valence-corrected chi connectivity index (χ3v) is 6.14. The second kappa shape index (κ2) is 9.71. The van der Waals surface area contributed by atoms with E-state index in [9.17, 15) is 9.59 Å². The molecule has 1 heterocycles. The van der Waals surface area contributed by atoms with E-state index in [1.54, 1.807) is 17.0 Å². The SMILES string of the molecule is CC(C)(NC(=O)C1CCN(C(=O)COc2ccccc2)CC1)c1ccc(Cl)c(Cl)c1. The maximum atomic E-state index is 12.8. The van der Waals surface area contributed by atoms with Gasteiger partial charge in [-0.2, -0.15) is 0 Å².